The summed E-state index contributed by atoms with van der Waals surface area (Å²) < 4.78 is 32.7. The number of benzene rings is 1. The number of nitrogens with one attached hydrogen (secondary N) is 1. The van der Waals surface area contributed by atoms with Crippen molar-refractivity contribution in [2.24, 2.45) is 0 Å². The summed E-state index contributed by atoms with van der Waals surface area (Å²) in [6.07, 6.45) is 4.94. The van der Waals surface area contributed by atoms with Gasteiger partial charge in [-0.3, -0.25) is 9.59 Å². The first-order valence-electron chi connectivity index (χ1n) is 11.8. The number of hydrogen-bond acceptors (Lipinski definition) is 6. The molecule has 0 spiro atoms. The van der Waals surface area contributed by atoms with Gasteiger partial charge in [-0.2, -0.15) is 0 Å². The quantitative estimate of drug-likeness (QED) is 0.688. The third kappa shape index (κ3) is 6.44. The Morgan fingerprint density at radius 3 is 2.41 bits per heavy atom. The highest BCUT2D eigenvalue weighted by Crippen LogP contribution is 2.25. The molecule has 1 aliphatic heterocycles. The van der Waals surface area contributed by atoms with Gasteiger partial charge < -0.3 is 14.3 Å². The number of anilines is 1. The number of hydrogen-bond donors (Lipinski definition) is 1. The zero-order chi connectivity index (χ0) is 24.7. The van der Waals surface area contributed by atoms with E-state index in [1.807, 2.05) is 24.3 Å². The second kappa shape index (κ2) is 11.6. The minimum Gasteiger partial charge on any atom is -0.360 e. The lowest BCUT2D eigenvalue weighted by atomic mass is 10.1. The number of para-hydroxylation sites is 1. The number of carbonyl (C=O) groups excluding carboxylic acids is 2. The van der Waals surface area contributed by atoms with Gasteiger partial charge in [-0.05, 0) is 38.3 Å². The van der Waals surface area contributed by atoms with Crippen LogP contribution in [0.25, 0.3) is 0 Å². The van der Waals surface area contributed by atoms with Crippen molar-refractivity contribution in [1.82, 2.24) is 14.8 Å². The highest BCUT2D eigenvalue weighted by atomic mass is 32.2. The van der Waals surface area contributed by atoms with E-state index in [1.165, 1.54) is 6.92 Å². The Morgan fingerprint density at radius 1 is 1.06 bits per heavy atom. The van der Waals surface area contributed by atoms with Crippen molar-refractivity contribution >= 4 is 27.5 Å². The molecule has 3 rings (SSSR count). The maximum absolute atomic E-state index is 13.1. The maximum atomic E-state index is 13.1. The largest absolute Gasteiger partial charge is 0.360 e. The van der Waals surface area contributed by atoms with Crippen LogP contribution in [0.2, 0.25) is 0 Å². The first kappa shape index (κ1) is 25.9. The molecule has 0 radical (unpaired) electrons. The number of amides is 2. The minimum absolute atomic E-state index is 0.0175. The smallest absolute Gasteiger partial charge is 0.245 e. The first-order chi connectivity index (χ1) is 16.2. The van der Waals surface area contributed by atoms with Crippen molar-refractivity contribution in [3.63, 3.8) is 0 Å². The van der Waals surface area contributed by atoms with E-state index in [9.17, 15) is 18.0 Å². The SMILES string of the molecule is CC(=O)N1CCCCCCCN(C(=O)CCNS(=O)(=O)c2c(C)noc2C)Cc2ccccc21. The van der Waals surface area contributed by atoms with E-state index in [2.05, 4.69) is 9.88 Å². The average Bonchev–Trinajstić information content (AvgIpc) is 3.12. The molecular formula is C24H34N4O5S. The van der Waals surface area contributed by atoms with Crippen molar-refractivity contribution in [2.45, 2.75) is 70.7 Å². The fourth-order valence-electron chi connectivity index (χ4n) is 4.34. The second-order valence-electron chi connectivity index (χ2n) is 8.68. The molecule has 2 aromatic rings. The van der Waals surface area contributed by atoms with Gasteiger partial charge in [-0.25, -0.2) is 13.1 Å². The molecule has 34 heavy (non-hydrogen) atoms. The molecule has 0 saturated heterocycles. The van der Waals surface area contributed by atoms with Crippen LogP contribution in [-0.4, -0.2) is 49.9 Å². The summed E-state index contributed by atoms with van der Waals surface area (Å²) in [6, 6.07) is 7.67. The maximum Gasteiger partial charge on any atom is 0.245 e. The summed E-state index contributed by atoms with van der Waals surface area (Å²) in [5.41, 5.74) is 2.02. The second-order valence-corrected chi connectivity index (χ2v) is 10.4. The van der Waals surface area contributed by atoms with Crippen LogP contribution in [0.3, 0.4) is 0 Å². The van der Waals surface area contributed by atoms with Gasteiger partial charge in [0.15, 0.2) is 5.76 Å². The van der Waals surface area contributed by atoms with Crippen molar-refractivity contribution < 1.29 is 22.5 Å². The molecule has 2 heterocycles. The number of aromatic nitrogens is 1. The molecule has 1 aromatic carbocycles. The third-order valence-electron chi connectivity index (χ3n) is 6.05. The van der Waals surface area contributed by atoms with Gasteiger partial charge >= 0.3 is 0 Å². The van der Waals surface area contributed by atoms with E-state index >= 15 is 0 Å². The third-order valence-corrected chi connectivity index (χ3v) is 7.76. The number of sulfonamides is 1. The Balaban J connectivity index is 1.73. The molecule has 186 valence electrons. The number of fused-ring (bicyclic) bond motifs is 1. The Labute approximate surface area is 201 Å². The molecule has 9 nitrogen and oxygen atoms in total. The molecule has 0 atom stereocenters. The van der Waals surface area contributed by atoms with Gasteiger partial charge in [0.1, 0.15) is 10.6 Å². The molecule has 1 N–H and O–H groups in total. The van der Waals surface area contributed by atoms with Gasteiger partial charge in [0.05, 0.1) is 0 Å². The molecule has 1 aromatic heterocycles. The Morgan fingerprint density at radius 2 is 1.74 bits per heavy atom. The van der Waals surface area contributed by atoms with E-state index in [1.54, 1.807) is 23.6 Å². The molecule has 1 aliphatic rings. The van der Waals surface area contributed by atoms with Crippen LogP contribution >= 0.6 is 0 Å². The fourth-order valence-corrected chi connectivity index (χ4v) is 5.69. The van der Waals surface area contributed by atoms with Gasteiger partial charge in [-0.1, -0.05) is 42.6 Å². The summed E-state index contributed by atoms with van der Waals surface area (Å²) in [7, 11) is -3.82. The van der Waals surface area contributed by atoms with Crippen LogP contribution in [-0.2, 0) is 26.2 Å². The minimum atomic E-state index is -3.82. The standard InChI is InChI=1S/C24H34N4O5S/c1-18-24(19(2)33-26-18)34(31,32)25-14-13-23(30)27-15-9-5-4-6-10-16-28(20(3)29)22-12-8-7-11-21(22)17-27/h7-8,11-12,25H,4-6,9-10,13-17H2,1-3H3. The average molecular weight is 491 g/mol. The Bertz CT molecular complexity index is 1090. The van der Waals surface area contributed by atoms with E-state index in [0.717, 1.165) is 43.4 Å². The van der Waals surface area contributed by atoms with Crippen LogP contribution in [0.15, 0.2) is 33.7 Å². The zero-order valence-corrected chi connectivity index (χ0v) is 21.0. The normalized spacial score (nSPS) is 15.9. The summed E-state index contributed by atoms with van der Waals surface area (Å²) in [6.45, 7) is 6.26. The monoisotopic (exact) mass is 490 g/mol. The first-order valence-corrected chi connectivity index (χ1v) is 13.3. The van der Waals surface area contributed by atoms with Crippen LogP contribution in [0.1, 0.15) is 62.5 Å². The predicted molar refractivity (Wildman–Crippen MR) is 129 cm³/mol. The highest BCUT2D eigenvalue weighted by Gasteiger charge is 2.25. The molecule has 0 unspecified atom stereocenters. The summed E-state index contributed by atoms with van der Waals surface area (Å²) >= 11 is 0. The molecule has 10 heteroatoms. The number of nitrogens with zero attached hydrogens (tertiary/aromatic N) is 3. The lowest BCUT2D eigenvalue weighted by Gasteiger charge is -2.29. The molecule has 0 aliphatic carbocycles. The predicted octanol–water partition coefficient (Wildman–Crippen LogP) is 3.31. The number of carbonyl (C=O) groups is 2. The molecule has 2 amide bonds. The fraction of sp³-hybridized carbons (Fsp3) is 0.542. The molecular weight excluding hydrogens is 456 g/mol. The van der Waals surface area contributed by atoms with Gasteiger partial charge in [-0.15, -0.1) is 0 Å². The number of rotatable bonds is 5. The summed E-state index contributed by atoms with van der Waals surface area (Å²) in [4.78, 5) is 29.0. The van der Waals surface area contributed by atoms with Gasteiger partial charge in [0, 0.05) is 45.2 Å². The molecule has 0 fully saturated rings. The van der Waals surface area contributed by atoms with Crippen LogP contribution in [0.4, 0.5) is 5.69 Å². The van der Waals surface area contributed by atoms with Crippen molar-refractivity contribution in [2.75, 3.05) is 24.5 Å². The van der Waals surface area contributed by atoms with Gasteiger partial charge in [0.2, 0.25) is 21.8 Å². The Kier molecular flexibility index (Phi) is 8.84. The van der Waals surface area contributed by atoms with Gasteiger partial charge in [0.25, 0.3) is 0 Å². The lowest BCUT2D eigenvalue weighted by Crippen LogP contribution is -2.36. The van der Waals surface area contributed by atoms with E-state index in [0.29, 0.717) is 19.6 Å². The highest BCUT2D eigenvalue weighted by molar-refractivity contribution is 7.89. The molecule has 0 saturated carbocycles. The number of aryl methyl sites for hydroxylation is 2. The van der Waals surface area contributed by atoms with Crippen molar-refractivity contribution in [1.29, 1.82) is 0 Å². The van der Waals surface area contributed by atoms with Crippen LogP contribution in [0.5, 0.6) is 0 Å². The lowest BCUT2D eigenvalue weighted by molar-refractivity contribution is -0.131. The topological polar surface area (TPSA) is 113 Å². The van der Waals surface area contributed by atoms with Crippen LogP contribution in [0, 0.1) is 13.8 Å². The van der Waals surface area contributed by atoms with Crippen molar-refractivity contribution in [3.05, 3.63) is 41.3 Å². The van der Waals surface area contributed by atoms with E-state index in [-0.39, 0.29) is 41.1 Å². The summed E-state index contributed by atoms with van der Waals surface area (Å²) in [5.74, 6) is 0.0600. The summed E-state index contributed by atoms with van der Waals surface area (Å²) in [5, 5.41) is 3.69. The van der Waals surface area contributed by atoms with Crippen LogP contribution < -0.4 is 9.62 Å². The van der Waals surface area contributed by atoms with E-state index < -0.39 is 10.0 Å². The molecule has 0 bridgehead atoms. The van der Waals surface area contributed by atoms with Crippen molar-refractivity contribution in [3.8, 4) is 0 Å². The zero-order valence-electron chi connectivity index (χ0n) is 20.2. The van der Waals surface area contributed by atoms with E-state index in [4.69, 9.17) is 4.52 Å². The Hall–Kier alpha value is -2.72.